The Labute approximate surface area is 89.7 Å². The van der Waals surface area contributed by atoms with E-state index in [2.05, 4.69) is 29.8 Å². The van der Waals surface area contributed by atoms with E-state index in [4.69, 9.17) is 0 Å². The van der Waals surface area contributed by atoms with E-state index in [0.29, 0.717) is 0 Å². The first-order valence-corrected chi connectivity index (χ1v) is 5.88. The Balaban J connectivity index is 4.10. The van der Waals surface area contributed by atoms with E-state index in [1.54, 1.807) is 0 Å². The molecule has 13 heavy (non-hydrogen) atoms. The fourth-order valence-electron chi connectivity index (χ4n) is 1.23. The molecule has 0 amide bonds. The van der Waals surface area contributed by atoms with Gasteiger partial charge in [-0.2, -0.15) is 0 Å². The molecule has 0 saturated carbocycles. The third kappa shape index (κ3) is 6.03. The van der Waals surface area contributed by atoms with E-state index in [0.717, 1.165) is 23.6 Å². The van der Waals surface area contributed by atoms with Crippen LogP contribution in [0.1, 0.15) is 52.4 Å². The molecule has 0 aromatic heterocycles. The molecule has 0 aromatic carbocycles. The van der Waals surface area contributed by atoms with Crippen molar-refractivity contribution in [3.63, 3.8) is 0 Å². The molecule has 76 valence electrons. The van der Waals surface area contributed by atoms with Crippen molar-refractivity contribution in [3.8, 4) is 0 Å². The second-order valence-electron chi connectivity index (χ2n) is 3.28. The van der Waals surface area contributed by atoms with Crippen molar-refractivity contribution in [3.05, 3.63) is 10.1 Å². The number of rotatable bonds is 7. The molecule has 0 bridgehead atoms. The molecule has 0 N–H and O–H groups in total. The van der Waals surface area contributed by atoms with Gasteiger partial charge in [0, 0.05) is 0 Å². The van der Waals surface area contributed by atoms with Gasteiger partial charge in [-0.05, 0) is 41.6 Å². The summed E-state index contributed by atoms with van der Waals surface area (Å²) >= 11 is 3.32. The highest BCUT2D eigenvalue weighted by Gasteiger charge is 2.02. The van der Waals surface area contributed by atoms with Crippen molar-refractivity contribution >= 4 is 22.2 Å². The fraction of sp³-hybridized carbons (Fsp3) is 0.727. The minimum atomic E-state index is 0.773. The number of carbonyl (C=O) groups is 1. The van der Waals surface area contributed by atoms with Gasteiger partial charge in [0.05, 0.1) is 4.48 Å². The maximum atomic E-state index is 10.6. The van der Waals surface area contributed by atoms with Crippen LogP contribution in [0.2, 0.25) is 0 Å². The zero-order chi connectivity index (χ0) is 10.1. The van der Waals surface area contributed by atoms with E-state index in [9.17, 15) is 4.79 Å². The Morgan fingerprint density at radius 3 is 1.92 bits per heavy atom. The van der Waals surface area contributed by atoms with Crippen LogP contribution < -0.4 is 0 Å². The van der Waals surface area contributed by atoms with Gasteiger partial charge in [0.15, 0.2) is 6.29 Å². The molecule has 0 radical (unpaired) electrons. The van der Waals surface area contributed by atoms with Crippen LogP contribution in [-0.2, 0) is 4.79 Å². The molecule has 0 rings (SSSR count). The number of hydrogen-bond donors (Lipinski definition) is 0. The number of unbranched alkanes of at least 4 members (excludes halogenated alkanes) is 2. The minimum absolute atomic E-state index is 0.773. The van der Waals surface area contributed by atoms with Gasteiger partial charge in [-0.3, -0.25) is 4.79 Å². The van der Waals surface area contributed by atoms with E-state index < -0.39 is 0 Å². The first-order chi connectivity index (χ1) is 6.26. The highest BCUT2D eigenvalue weighted by atomic mass is 79.9. The lowest BCUT2D eigenvalue weighted by atomic mass is 10.0. The number of carbonyl (C=O) groups excluding carboxylic acids is 1. The third-order valence-electron chi connectivity index (χ3n) is 2.11. The quantitative estimate of drug-likeness (QED) is 0.486. The van der Waals surface area contributed by atoms with Gasteiger partial charge in [-0.1, -0.05) is 32.3 Å². The summed E-state index contributed by atoms with van der Waals surface area (Å²) in [6.07, 6.45) is 7.79. The Kier molecular flexibility index (Phi) is 8.41. The molecule has 2 heteroatoms. The zero-order valence-electron chi connectivity index (χ0n) is 8.61. The lowest BCUT2D eigenvalue weighted by Gasteiger charge is -2.06. The smallest absolute Gasteiger partial charge is 0.156 e. The molecule has 0 spiro atoms. The summed E-state index contributed by atoms with van der Waals surface area (Å²) in [6.45, 7) is 4.35. The van der Waals surface area contributed by atoms with Crippen molar-refractivity contribution in [2.45, 2.75) is 52.4 Å². The van der Waals surface area contributed by atoms with Gasteiger partial charge in [0.1, 0.15) is 0 Å². The average molecular weight is 247 g/mol. The molecule has 0 unspecified atom stereocenters. The molecule has 0 heterocycles. The van der Waals surface area contributed by atoms with Gasteiger partial charge in [-0.15, -0.1) is 0 Å². The number of halogens is 1. The van der Waals surface area contributed by atoms with E-state index in [1.165, 1.54) is 31.3 Å². The van der Waals surface area contributed by atoms with Gasteiger partial charge in [-0.25, -0.2) is 0 Å². The minimum Gasteiger partial charge on any atom is -0.297 e. The Hall–Kier alpha value is -0.110. The number of allylic oxidation sites excluding steroid dienone is 2. The van der Waals surface area contributed by atoms with Crippen LogP contribution in [0.3, 0.4) is 0 Å². The van der Waals surface area contributed by atoms with Crippen LogP contribution in [0.5, 0.6) is 0 Å². The third-order valence-corrected chi connectivity index (χ3v) is 2.85. The van der Waals surface area contributed by atoms with Crippen LogP contribution >= 0.6 is 15.9 Å². The summed E-state index contributed by atoms with van der Waals surface area (Å²) in [7, 11) is 0. The molecule has 0 aliphatic rings. The van der Waals surface area contributed by atoms with Crippen molar-refractivity contribution in [1.82, 2.24) is 0 Å². The van der Waals surface area contributed by atoms with Crippen molar-refractivity contribution < 1.29 is 4.79 Å². The largest absolute Gasteiger partial charge is 0.297 e. The fourth-order valence-corrected chi connectivity index (χ4v) is 1.62. The Morgan fingerprint density at radius 1 is 1.15 bits per heavy atom. The van der Waals surface area contributed by atoms with Crippen LogP contribution in [0.25, 0.3) is 0 Å². The molecule has 1 nitrogen and oxygen atoms in total. The van der Waals surface area contributed by atoms with Crippen molar-refractivity contribution in [2.75, 3.05) is 0 Å². The van der Waals surface area contributed by atoms with Crippen LogP contribution in [0.4, 0.5) is 0 Å². The summed E-state index contributed by atoms with van der Waals surface area (Å²) in [6, 6.07) is 0. The van der Waals surface area contributed by atoms with E-state index >= 15 is 0 Å². The molecule has 0 aliphatic carbocycles. The van der Waals surface area contributed by atoms with Gasteiger partial charge in [0.25, 0.3) is 0 Å². The highest BCUT2D eigenvalue weighted by molar-refractivity contribution is 9.12. The summed E-state index contributed by atoms with van der Waals surface area (Å²) in [4.78, 5) is 10.6. The zero-order valence-corrected chi connectivity index (χ0v) is 10.2. The Bertz CT molecular complexity index is 163. The molecule has 0 aliphatic heterocycles. The summed E-state index contributed by atoms with van der Waals surface area (Å²) in [5.74, 6) is 0. The molecular formula is C11H19BrO. The summed E-state index contributed by atoms with van der Waals surface area (Å²) in [5, 5.41) is 0. The van der Waals surface area contributed by atoms with Crippen LogP contribution in [-0.4, -0.2) is 6.29 Å². The summed E-state index contributed by atoms with van der Waals surface area (Å²) in [5.41, 5.74) is 1.29. The number of aldehydes is 1. The van der Waals surface area contributed by atoms with Crippen LogP contribution in [0, 0.1) is 0 Å². The predicted octanol–water partition coefficient (Wildman–Crippen LogP) is 4.21. The van der Waals surface area contributed by atoms with E-state index in [-0.39, 0.29) is 0 Å². The first kappa shape index (κ1) is 12.9. The predicted molar refractivity (Wildman–Crippen MR) is 61.1 cm³/mol. The first-order valence-electron chi connectivity index (χ1n) is 5.08. The number of hydrogen-bond acceptors (Lipinski definition) is 1. The monoisotopic (exact) mass is 246 g/mol. The lowest BCUT2D eigenvalue weighted by molar-refractivity contribution is -0.104. The molecular weight excluding hydrogens is 228 g/mol. The maximum Gasteiger partial charge on any atom is 0.156 e. The van der Waals surface area contributed by atoms with Crippen molar-refractivity contribution in [2.24, 2.45) is 0 Å². The SMILES string of the molecule is CCCCC(CCCC)=C(Br)C=O. The standard InChI is InChI=1S/C11H19BrO/c1-3-5-7-10(8-6-4-2)11(12)9-13/h9H,3-8H2,1-2H3. The molecule has 0 fully saturated rings. The molecule has 0 atom stereocenters. The van der Waals surface area contributed by atoms with Crippen LogP contribution in [0.15, 0.2) is 10.1 Å². The second kappa shape index (κ2) is 8.49. The second-order valence-corrected chi connectivity index (χ2v) is 4.13. The normalized spacial score (nSPS) is 9.77. The van der Waals surface area contributed by atoms with Gasteiger partial charge >= 0.3 is 0 Å². The van der Waals surface area contributed by atoms with Gasteiger partial charge < -0.3 is 0 Å². The Morgan fingerprint density at radius 2 is 1.62 bits per heavy atom. The average Bonchev–Trinajstić information content (AvgIpc) is 2.17. The van der Waals surface area contributed by atoms with Gasteiger partial charge in [0.2, 0.25) is 0 Å². The topological polar surface area (TPSA) is 17.1 Å². The highest BCUT2D eigenvalue weighted by Crippen LogP contribution is 2.21. The van der Waals surface area contributed by atoms with E-state index in [1.807, 2.05) is 0 Å². The summed E-state index contributed by atoms with van der Waals surface area (Å²) < 4.78 is 0.773. The maximum absolute atomic E-state index is 10.6. The lowest BCUT2D eigenvalue weighted by Crippen LogP contribution is -1.89. The molecule has 0 aromatic rings. The molecule has 0 saturated heterocycles. The van der Waals surface area contributed by atoms with Crippen molar-refractivity contribution in [1.29, 1.82) is 0 Å².